The molecule has 0 aliphatic rings. The predicted octanol–water partition coefficient (Wildman–Crippen LogP) is 4.17. The molecule has 2 nitrogen and oxygen atoms in total. The van der Waals surface area contributed by atoms with Crippen molar-refractivity contribution in [3.05, 3.63) is 29.8 Å². The topological polar surface area (TPSA) is 21.3 Å². The van der Waals surface area contributed by atoms with Gasteiger partial charge in [0, 0.05) is 6.04 Å². The minimum Gasteiger partial charge on any atom is -0.497 e. The van der Waals surface area contributed by atoms with Gasteiger partial charge in [-0.15, -0.1) is 0 Å². The van der Waals surface area contributed by atoms with Crippen LogP contribution in [0.1, 0.15) is 51.6 Å². The molecule has 0 saturated carbocycles. The zero-order valence-electron chi connectivity index (χ0n) is 12.2. The lowest BCUT2D eigenvalue weighted by Crippen LogP contribution is -2.19. The number of methoxy groups -OCH3 is 1. The van der Waals surface area contributed by atoms with Crippen molar-refractivity contribution < 1.29 is 4.74 Å². The predicted molar refractivity (Wildman–Crippen MR) is 78.1 cm³/mol. The summed E-state index contributed by atoms with van der Waals surface area (Å²) in [6.07, 6.45) is 3.91. The van der Waals surface area contributed by atoms with Gasteiger partial charge in [0.25, 0.3) is 0 Å². The third-order valence-electron chi connectivity index (χ3n) is 3.27. The van der Waals surface area contributed by atoms with Crippen LogP contribution in [0.2, 0.25) is 0 Å². The molecule has 1 unspecified atom stereocenters. The molecule has 1 aromatic rings. The van der Waals surface area contributed by atoms with Crippen molar-refractivity contribution in [2.75, 3.05) is 13.7 Å². The maximum Gasteiger partial charge on any atom is 0.118 e. The maximum atomic E-state index is 5.16. The van der Waals surface area contributed by atoms with Gasteiger partial charge >= 0.3 is 0 Å². The Morgan fingerprint density at radius 2 is 1.72 bits per heavy atom. The first-order valence-electron chi connectivity index (χ1n) is 7.00. The summed E-state index contributed by atoms with van der Waals surface area (Å²) >= 11 is 0. The van der Waals surface area contributed by atoms with Crippen molar-refractivity contribution in [2.24, 2.45) is 5.92 Å². The third kappa shape index (κ3) is 5.54. The quantitative estimate of drug-likeness (QED) is 0.698. The van der Waals surface area contributed by atoms with E-state index < -0.39 is 0 Å². The van der Waals surface area contributed by atoms with E-state index in [1.807, 2.05) is 12.1 Å². The molecule has 1 rings (SSSR count). The fourth-order valence-corrected chi connectivity index (χ4v) is 2.01. The molecule has 102 valence electrons. The summed E-state index contributed by atoms with van der Waals surface area (Å²) in [6, 6.07) is 8.71. The van der Waals surface area contributed by atoms with E-state index in [1.54, 1.807) is 7.11 Å². The van der Waals surface area contributed by atoms with E-state index in [0.717, 1.165) is 18.2 Å². The maximum absolute atomic E-state index is 5.16. The largest absolute Gasteiger partial charge is 0.497 e. The lowest BCUT2D eigenvalue weighted by molar-refractivity contribution is 0.414. The summed E-state index contributed by atoms with van der Waals surface area (Å²) in [5.74, 6) is 1.74. The number of nitrogens with one attached hydrogen (secondary N) is 1. The average Bonchev–Trinajstić information content (AvgIpc) is 2.38. The average molecular weight is 249 g/mol. The Hall–Kier alpha value is -1.02. The van der Waals surface area contributed by atoms with Crippen LogP contribution in [0, 0.1) is 5.92 Å². The van der Waals surface area contributed by atoms with Crippen LogP contribution in [0.4, 0.5) is 0 Å². The van der Waals surface area contributed by atoms with Crippen molar-refractivity contribution >= 4 is 0 Å². The van der Waals surface area contributed by atoms with Gasteiger partial charge < -0.3 is 10.1 Å². The lowest BCUT2D eigenvalue weighted by Gasteiger charge is -2.15. The first-order chi connectivity index (χ1) is 8.63. The van der Waals surface area contributed by atoms with Crippen molar-refractivity contribution in [2.45, 2.75) is 46.1 Å². The Bertz CT molecular complexity index is 318. The lowest BCUT2D eigenvalue weighted by atomic mass is 10.1. The normalized spacial score (nSPS) is 12.7. The molecule has 0 aliphatic carbocycles. The second-order valence-corrected chi connectivity index (χ2v) is 5.34. The fraction of sp³-hybridized carbons (Fsp3) is 0.625. The molecule has 0 bridgehead atoms. The third-order valence-corrected chi connectivity index (χ3v) is 3.27. The summed E-state index contributed by atoms with van der Waals surface area (Å²) < 4.78 is 5.16. The first-order valence-corrected chi connectivity index (χ1v) is 7.00. The van der Waals surface area contributed by atoms with E-state index in [-0.39, 0.29) is 0 Å². The highest BCUT2D eigenvalue weighted by molar-refractivity contribution is 5.28. The van der Waals surface area contributed by atoms with Gasteiger partial charge in [0.1, 0.15) is 5.75 Å². The van der Waals surface area contributed by atoms with Gasteiger partial charge in [-0.1, -0.05) is 38.8 Å². The number of hydrogen-bond donors (Lipinski definition) is 1. The number of rotatable bonds is 8. The summed E-state index contributed by atoms with van der Waals surface area (Å²) in [5, 5.41) is 3.57. The number of hydrogen-bond acceptors (Lipinski definition) is 2. The van der Waals surface area contributed by atoms with Crippen LogP contribution in [0.25, 0.3) is 0 Å². The van der Waals surface area contributed by atoms with E-state index in [9.17, 15) is 0 Å². The Labute approximate surface area is 112 Å². The highest BCUT2D eigenvalue weighted by Crippen LogP contribution is 2.17. The second-order valence-electron chi connectivity index (χ2n) is 5.34. The molecule has 0 spiro atoms. The van der Waals surface area contributed by atoms with Crippen molar-refractivity contribution in [1.82, 2.24) is 5.32 Å². The highest BCUT2D eigenvalue weighted by atomic mass is 16.5. The van der Waals surface area contributed by atoms with E-state index in [1.165, 1.54) is 24.8 Å². The molecular weight excluding hydrogens is 222 g/mol. The summed E-state index contributed by atoms with van der Waals surface area (Å²) in [4.78, 5) is 0. The van der Waals surface area contributed by atoms with Crippen LogP contribution in [-0.2, 0) is 0 Å². The van der Waals surface area contributed by atoms with Crippen molar-refractivity contribution in [3.8, 4) is 5.75 Å². The molecule has 0 radical (unpaired) electrons. The smallest absolute Gasteiger partial charge is 0.118 e. The second kappa shape index (κ2) is 8.15. The van der Waals surface area contributed by atoms with Crippen LogP contribution in [0.3, 0.4) is 0 Å². The van der Waals surface area contributed by atoms with Gasteiger partial charge in [-0.2, -0.15) is 0 Å². The Kier molecular flexibility index (Phi) is 6.81. The zero-order valence-corrected chi connectivity index (χ0v) is 12.2. The summed E-state index contributed by atoms with van der Waals surface area (Å²) in [7, 11) is 1.70. The van der Waals surface area contributed by atoms with Crippen LogP contribution < -0.4 is 10.1 Å². The standard InChI is InChI=1S/C16H27NO/c1-13(2)7-5-6-12-17-14(3)15-8-10-16(18-4)11-9-15/h8-11,13-14,17H,5-7,12H2,1-4H3. The van der Waals surface area contributed by atoms with Crippen molar-refractivity contribution in [3.63, 3.8) is 0 Å². The molecule has 0 saturated heterocycles. The molecule has 0 heterocycles. The van der Waals surface area contributed by atoms with Gasteiger partial charge in [0.15, 0.2) is 0 Å². The van der Waals surface area contributed by atoms with Crippen LogP contribution in [0.15, 0.2) is 24.3 Å². The van der Waals surface area contributed by atoms with Crippen molar-refractivity contribution in [1.29, 1.82) is 0 Å². The molecular formula is C16H27NO. The molecule has 1 N–H and O–H groups in total. The first kappa shape index (κ1) is 15.0. The number of unbranched alkanes of at least 4 members (excludes halogenated alkanes) is 1. The molecule has 0 amide bonds. The van der Waals surface area contributed by atoms with Crippen LogP contribution in [0.5, 0.6) is 5.75 Å². The van der Waals surface area contributed by atoms with Gasteiger partial charge in [0.2, 0.25) is 0 Å². The molecule has 1 atom stereocenters. The van der Waals surface area contributed by atoms with Gasteiger partial charge in [-0.25, -0.2) is 0 Å². The SMILES string of the molecule is COc1ccc(C(C)NCCCCC(C)C)cc1. The Morgan fingerprint density at radius 3 is 2.28 bits per heavy atom. The highest BCUT2D eigenvalue weighted by Gasteiger charge is 2.04. The van der Waals surface area contributed by atoms with Gasteiger partial charge in [0.05, 0.1) is 7.11 Å². The Morgan fingerprint density at radius 1 is 1.06 bits per heavy atom. The molecule has 0 aromatic heterocycles. The number of benzene rings is 1. The van der Waals surface area contributed by atoms with E-state index in [4.69, 9.17) is 4.74 Å². The van der Waals surface area contributed by atoms with E-state index in [2.05, 4.69) is 38.2 Å². The molecule has 18 heavy (non-hydrogen) atoms. The Balaban J connectivity index is 2.25. The van der Waals surface area contributed by atoms with E-state index >= 15 is 0 Å². The molecule has 1 aromatic carbocycles. The summed E-state index contributed by atoms with van der Waals surface area (Å²) in [6.45, 7) is 7.88. The van der Waals surface area contributed by atoms with Crippen LogP contribution >= 0.6 is 0 Å². The fourth-order valence-electron chi connectivity index (χ4n) is 2.01. The minimum atomic E-state index is 0.412. The minimum absolute atomic E-state index is 0.412. The van der Waals surface area contributed by atoms with Gasteiger partial charge in [-0.05, 0) is 43.5 Å². The number of ether oxygens (including phenoxy) is 1. The van der Waals surface area contributed by atoms with Gasteiger partial charge in [-0.3, -0.25) is 0 Å². The van der Waals surface area contributed by atoms with E-state index in [0.29, 0.717) is 6.04 Å². The zero-order chi connectivity index (χ0) is 13.4. The van der Waals surface area contributed by atoms with Crippen LogP contribution in [-0.4, -0.2) is 13.7 Å². The molecule has 2 heteroatoms. The summed E-state index contributed by atoms with van der Waals surface area (Å²) in [5.41, 5.74) is 1.32. The molecule has 0 aliphatic heterocycles. The monoisotopic (exact) mass is 249 g/mol. The molecule has 0 fully saturated rings.